The third kappa shape index (κ3) is 3.34. The number of ether oxygens (including phenoxy) is 1. The van der Waals surface area contributed by atoms with Crippen LogP contribution in [0.15, 0.2) is 48.9 Å². The minimum atomic E-state index is -0.267. The molecule has 0 saturated carbocycles. The van der Waals surface area contributed by atoms with Gasteiger partial charge in [-0.3, -0.25) is 9.78 Å². The van der Waals surface area contributed by atoms with Crippen molar-refractivity contribution < 1.29 is 9.53 Å². The van der Waals surface area contributed by atoms with Gasteiger partial charge in [-0.2, -0.15) is 0 Å². The highest BCUT2D eigenvalue weighted by Gasteiger charge is 2.43. The number of carbonyl (C=O) groups is 1. The van der Waals surface area contributed by atoms with Gasteiger partial charge in [-0.1, -0.05) is 31.2 Å². The Balaban J connectivity index is 1.40. The first kappa shape index (κ1) is 19.4. The number of hydrogen-bond donors (Lipinski definition) is 0. The molecular weight excluding hydrogens is 394 g/mol. The molecule has 1 aromatic carbocycles. The van der Waals surface area contributed by atoms with E-state index < -0.39 is 0 Å². The van der Waals surface area contributed by atoms with Crippen molar-refractivity contribution in [3.63, 3.8) is 0 Å². The second-order valence-electron chi connectivity index (χ2n) is 7.95. The first-order chi connectivity index (χ1) is 14.7. The van der Waals surface area contributed by atoms with E-state index in [4.69, 9.17) is 4.74 Å². The number of hydrogen-bond acceptors (Lipinski definition) is 5. The molecule has 0 atom stereocenters. The van der Waals surface area contributed by atoms with E-state index in [0.717, 1.165) is 32.3 Å². The van der Waals surface area contributed by atoms with Crippen molar-refractivity contribution in [2.24, 2.45) is 0 Å². The van der Waals surface area contributed by atoms with Crippen LogP contribution in [0.4, 0.5) is 0 Å². The van der Waals surface area contributed by atoms with E-state index >= 15 is 0 Å². The summed E-state index contributed by atoms with van der Waals surface area (Å²) in [4.78, 5) is 25.5. The predicted molar refractivity (Wildman–Crippen MR) is 118 cm³/mol. The number of benzene rings is 1. The zero-order valence-electron chi connectivity index (χ0n) is 17.1. The summed E-state index contributed by atoms with van der Waals surface area (Å²) >= 11 is 1.88. The van der Waals surface area contributed by atoms with Crippen molar-refractivity contribution >= 4 is 17.2 Å². The third-order valence-corrected chi connectivity index (χ3v) is 7.67. The maximum atomic E-state index is 12.8. The van der Waals surface area contributed by atoms with Gasteiger partial charge in [0.05, 0.1) is 12.8 Å². The van der Waals surface area contributed by atoms with Gasteiger partial charge in [-0.05, 0) is 48.4 Å². The van der Waals surface area contributed by atoms with Crippen molar-refractivity contribution in [2.45, 2.75) is 38.2 Å². The number of rotatable bonds is 3. The molecule has 30 heavy (non-hydrogen) atoms. The van der Waals surface area contributed by atoms with Crippen molar-refractivity contribution in [3.05, 3.63) is 70.6 Å². The van der Waals surface area contributed by atoms with Crippen molar-refractivity contribution in [2.75, 3.05) is 19.7 Å². The molecule has 2 aromatic heterocycles. The maximum Gasteiger partial charge on any atom is 0.274 e. The van der Waals surface area contributed by atoms with E-state index in [1.165, 1.54) is 26.4 Å². The minimum Gasteiger partial charge on any atom is -0.369 e. The summed E-state index contributed by atoms with van der Waals surface area (Å²) in [6.45, 7) is 4.30. The molecule has 0 N–H and O–H groups in total. The fourth-order valence-corrected chi connectivity index (χ4v) is 6.11. The molecule has 154 valence electrons. The largest absolute Gasteiger partial charge is 0.369 e. The molecule has 5 rings (SSSR count). The van der Waals surface area contributed by atoms with Crippen molar-refractivity contribution in [3.8, 4) is 10.4 Å². The number of aryl methyl sites for hydroxylation is 1. The van der Waals surface area contributed by atoms with Gasteiger partial charge in [0.2, 0.25) is 0 Å². The SMILES string of the molecule is CCc1ccccc1-c1cc2c(s1)C1(CCN(C(=O)c3cnccn3)CC1)OCC2. The Morgan fingerprint density at radius 2 is 2.07 bits per heavy atom. The Morgan fingerprint density at radius 1 is 1.23 bits per heavy atom. The second kappa shape index (κ2) is 7.93. The van der Waals surface area contributed by atoms with Crippen LogP contribution in [0.2, 0.25) is 0 Å². The van der Waals surface area contributed by atoms with E-state index in [1.807, 2.05) is 16.2 Å². The van der Waals surface area contributed by atoms with Crippen LogP contribution >= 0.6 is 11.3 Å². The number of aromatic nitrogens is 2. The van der Waals surface area contributed by atoms with Gasteiger partial charge in [0, 0.05) is 35.2 Å². The molecule has 3 aromatic rings. The summed E-state index contributed by atoms with van der Waals surface area (Å²) in [7, 11) is 0. The summed E-state index contributed by atoms with van der Waals surface area (Å²) < 4.78 is 6.42. The predicted octanol–water partition coefficient (Wildman–Crippen LogP) is 4.47. The fraction of sp³-hybridized carbons (Fsp3) is 0.375. The molecule has 4 heterocycles. The van der Waals surface area contributed by atoms with Gasteiger partial charge in [-0.15, -0.1) is 11.3 Å². The van der Waals surface area contributed by atoms with Crippen LogP contribution in [0.25, 0.3) is 10.4 Å². The first-order valence-electron chi connectivity index (χ1n) is 10.6. The quantitative estimate of drug-likeness (QED) is 0.628. The monoisotopic (exact) mass is 419 g/mol. The standard InChI is InChI=1S/C24H25N3O2S/c1-2-17-5-3-4-6-19(17)21-15-18-7-14-29-24(22(18)30-21)8-12-27(13-9-24)23(28)20-16-25-10-11-26-20/h3-6,10-11,15-16H,2,7-9,12-14H2,1H3. The molecule has 0 aliphatic carbocycles. The number of amides is 1. The summed E-state index contributed by atoms with van der Waals surface area (Å²) in [5.41, 5.74) is 4.28. The van der Waals surface area contributed by atoms with E-state index in [2.05, 4.69) is 47.2 Å². The van der Waals surface area contributed by atoms with E-state index in [-0.39, 0.29) is 11.5 Å². The summed E-state index contributed by atoms with van der Waals surface area (Å²) in [5.74, 6) is -0.0438. The molecule has 5 nitrogen and oxygen atoms in total. The first-order valence-corrected chi connectivity index (χ1v) is 11.4. The van der Waals surface area contributed by atoms with Crippen LogP contribution < -0.4 is 0 Å². The lowest BCUT2D eigenvalue weighted by Gasteiger charge is -2.43. The van der Waals surface area contributed by atoms with Crippen LogP contribution in [0.5, 0.6) is 0 Å². The normalized spacial score (nSPS) is 17.7. The molecular formula is C24H25N3O2S. The smallest absolute Gasteiger partial charge is 0.274 e. The van der Waals surface area contributed by atoms with E-state index in [1.54, 1.807) is 18.6 Å². The Bertz CT molecular complexity index is 1060. The van der Waals surface area contributed by atoms with Crippen LogP contribution in [-0.2, 0) is 23.2 Å². The Hall–Kier alpha value is -2.57. The molecule has 0 unspecified atom stereocenters. The number of piperidine rings is 1. The van der Waals surface area contributed by atoms with Crippen LogP contribution in [-0.4, -0.2) is 40.5 Å². The lowest BCUT2D eigenvalue weighted by atomic mass is 9.85. The number of fused-ring (bicyclic) bond motifs is 2. The zero-order valence-corrected chi connectivity index (χ0v) is 18.0. The Labute approximate surface area is 180 Å². The van der Waals surface area contributed by atoms with Gasteiger partial charge < -0.3 is 9.64 Å². The molecule has 6 heteroatoms. The molecule has 2 aliphatic rings. The molecule has 0 radical (unpaired) electrons. The van der Waals surface area contributed by atoms with Gasteiger partial charge in [0.1, 0.15) is 11.3 Å². The van der Waals surface area contributed by atoms with Gasteiger partial charge in [-0.25, -0.2) is 4.98 Å². The van der Waals surface area contributed by atoms with Crippen LogP contribution in [0.1, 0.15) is 46.3 Å². The van der Waals surface area contributed by atoms with Gasteiger partial charge >= 0.3 is 0 Å². The minimum absolute atomic E-state index is 0.0438. The average molecular weight is 420 g/mol. The number of likely N-dealkylation sites (tertiary alicyclic amines) is 1. The number of carbonyl (C=O) groups excluding carboxylic acids is 1. The Morgan fingerprint density at radius 3 is 2.83 bits per heavy atom. The summed E-state index contributed by atoms with van der Waals surface area (Å²) in [5, 5.41) is 0. The highest BCUT2D eigenvalue weighted by molar-refractivity contribution is 7.15. The second-order valence-corrected chi connectivity index (χ2v) is 9.00. The molecule has 1 spiro atoms. The summed E-state index contributed by atoms with van der Waals surface area (Å²) in [6.07, 6.45) is 8.33. The molecule has 2 aliphatic heterocycles. The number of nitrogens with zero attached hydrogens (tertiary/aromatic N) is 3. The molecule has 1 saturated heterocycles. The highest BCUT2D eigenvalue weighted by atomic mass is 32.1. The lowest BCUT2D eigenvalue weighted by Crippen LogP contribution is -2.48. The topological polar surface area (TPSA) is 55.3 Å². The maximum absolute atomic E-state index is 12.8. The van der Waals surface area contributed by atoms with Crippen LogP contribution in [0.3, 0.4) is 0 Å². The third-order valence-electron chi connectivity index (χ3n) is 6.28. The Kier molecular flexibility index (Phi) is 5.13. The van der Waals surface area contributed by atoms with Crippen molar-refractivity contribution in [1.82, 2.24) is 14.9 Å². The molecule has 1 fully saturated rings. The average Bonchev–Trinajstić information content (AvgIpc) is 3.26. The van der Waals surface area contributed by atoms with Gasteiger partial charge in [0.15, 0.2) is 0 Å². The van der Waals surface area contributed by atoms with Crippen molar-refractivity contribution in [1.29, 1.82) is 0 Å². The summed E-state index contributed by atoms with van der Waals surface area (Å²) in [6, 6.07) is 11.1. The van der Waals surface area contributed by atoms with Crippen LogP contribution in [0, 0.1) is 0 Å². The van der Waals surface area contributed by atoms with Gasteiger partial charge in [0.25, 0.3) is 5.91 Å². The lowest BCUT2D eigenvalue weighted by molar-refractivity contribution is -0.0906. The van der Waals surface area contributed by atoms with E-state index in [9.17, 15) is 4.79 Å². The van der Waals surface area contributed by atoms with E-state index in [0.29, 0.717) is 18.8 Å². The molecule has 0 bridgehead atoms. The number of thiophene rings is 1. The molecule has 1 amide bonds. The zero-order chi connectivity index (χ0) is 20.6. The highest BCUT2D eigenvalue weighted by Crippen LogP contribution is 2.48. The fourth-order valence-electron chi connectivity index (χ4n) is 4.64.